The number of amides is 3. The topological polar surface area (TPSA) is 105 Å². The zero-order chi connectivity index (χ0) is 25.3. The molecule has 0 fully saturated rings. The first kappa shape index (κ1) is 26.7. The normalized spacial score (nSPS) is 11.2. The number of alkyl halides is 3. The lowest BCUT2D eigenvalue weighted by Gasteiger charge is -2.26. The number of anilines is 1. The Kier molecular flexibility index (Phi) is 9.43. The lowest BCUT2D eigenvalue weighted by Crippen LogP contribution is -2.40. The highest BCUT2D eigenvalue weighted by atomic mass is 19.4. The van der Waals surface area contributed by atoms with Crippen LogP contribution in [0.1, 0.15) is 22.3 Å². The first-order valence-corrected chi connectivity index (χ1v) is 10.3. The SMILES string of the molecule is COc1ccccc1N(CCC(N)=O)C(=O)CN(C)Cc1ccc(C(=O)NCC(F)(F)F)cc1. The molecule has 3 N–H and O–H groups in total. The van der Waals surface area contributed by atoms with Gasteiger partial charge in [-0.1, -0.05) is 24.3 Å². The van der Waals surface area contributed by atoms with E-state index in [1.807, 2.05) is 5.32 Å². The molecule has 184 valence electrons. The Balaban J connectivity index is 2.03. The number of rotatable bonds is 11. The maximum atomic E-state index is 13.1. The first-order chi connectivity index (χ1) is 16.0. The molecule has 34 heavy (non-hydrogen) atoms. The minimum atomic E-state index is -4.49. The second kappa shape index (κ2) is 12.0. The molecule has 8 nitrogen and oxygen atoms in total. The van der Waals surface area contributed by atoms with E-state index in [9.17, 15) is 27.6 Å². The Bertz CT molecular complexity index is 996. The van der Waals surface area contributed by atoms with Crippen molar-refractivity contribution in [1.29, 1.82) is 0 Å². The van der Waals surface area contributed by atoms with Crippen molar-refractivity contribution in [2.24, 2.45) is 5.73 Å². The number of methoxy groups -OCH3 is 1. The average molecular weight is 480 g/mol. The summed E-state index contributed by atoms with van der Waals surface area (Å²) in [6.07, 6.45) is -4.51. The van der Waals surface area contributed by atoms with Gasteiger partial charge in [0.15, 0.2) is 0 Å². The number of benzene rings is 2. The van der Waals surface area contributed by atoms with E-state index in [-0.39, 0.29) is 31.0 Å². The highest BCUT2D eigenvalue weighted by molar-refractivity contribution is 5.97. The Morgan fingerprint density at radius 3 is 2.29 bits per heavy atom. The molecule has 0 unspecified atom stereocenters. The van der Waals surface area contributed by atoms with E-state index in [1.165, 1.54) is 24.1 Å². The van der Waals surface area contributed by atoms with Gasteiger partial charge in [0.2, 0.25) is 11.8 Å². The van der Waals surface area contributed by atoms with Crippen LogP contribution in [0.5, 0.6) is 5.75 Å². The van der Waals surface area contributed by atoms with Crippen LogP contribution >= 0.6 is 0 Å². The number of nitrogens with zero attached hydrogens (tertiary/aromatic N) is 2. The number of nitrogens with two attached hydrogens (primary N) is 1. The van der Waals surface area contributed by atoms with Crippen LogP contribution < -0.4 is 20.7 Å². The van der Waals surface area contributed by atoms with Crippen molar-refractivity contribution >= 4 is 23.4 Å². The molecule has 0 aliphatic rings. The molecule has 0 aliphatic heterocycles. The number of para-hydroxylation sites is 2. The fourth-order valence-electron chi connectivity index (χ4n) is 3.18. The van der Waals surface area contributed by atoms with Crippen LogP contribution in [-0.4, -0.2) is 62.6 Å². The smallest absolute Gasteiger partial charge is 0.405 e. The van der Waals surface area contributed by atoms with Gasteiger partial charge in [-0.05, 0) is 36.9 Å². The van der Waals surface area contributed by atoms with E-state index in [1.54, 1.807) is 48.3 Å². The molecule has 0 saturated heterocycles. The van der Waals surface area contributed by atoms with Crippen LogP contribution in [0.4, 0.5) is 18.9 Å². The number of carbonyl (C=O) groups is 3. The minimum absolute atomic E-state index is 0.00459. The van der Waals surface area contributed by atoms with E-state index in [2.05, 4.69) is 0 Å². The van der Waals surface area contributed by atoms with Crippen LogP contribution in [-0.2, 0) is 16.1 Å². The van der Waals surface area contributed by atoms with Crippen molar-refractivity contribution in [3.63, 3.8) is 0 Å². The van der Waals surface area contributed by atoms with Crippen LogP contribution in [0.25, 0.3) is 0 Å². The van der Waals surface area contributed by atoms with Crippen LogP contribution in [0.15, 0.2) is 48.5 Å². The van der Waals surface area contributed by atoms with Crippen molar-refractivity contribution in [2.45, 2.75) is 19.1 Å². The highest BCUT2D eigenvalue weighted by Gasteiger charge is 2.28. The fourth-order valence-corrected chi connectivity index (χ4v) is 3.18. The molecule has 2 aromatic rings. The lowest BCUT2D eigenvalue weighted by molar-refractivity contribution is -0.123. The molecule has 0 aromatic heterocycles. The van der Waals surface area contributed by atoms with Crippen molar-refractivity contribution in [1.82, 2.24) is 10.2 Å². The third-order valence-corrected chi connectivity index (χ3v) is 4.78. The summed E-state index contributed by atoms with van der Waals surface area (Å²) in [5, 5.41) is 1.81. The van der Waals surface area contributed by atoms with E-state index in [0.29, 0.717) is 18.0 Å². The summed E-state index contributed by atoms with van der Waals surface area (Å²) in [6, 6.07) is 13.0. The maximum absolute atomic E-state index is 13.1. The molecule has 0 aliphatic carbocycles. The summed E-state index contributed by atoms with van der Waals surface area (Å²) in [7, 11) is 3.20. The second-order valence-electron chi connectivity index (χ2n) is 7.60. The zero-order valence-corrected chi connectivity index (χ0v) is 18.9. The summed E-state index contributed by atoms with van der Waals surface area (Å²) in [6.45, 7) is -0.975. The monoisotopic (exact) mass is 480 g/mol. The number of ether oxygens (including phenoxy) is 1. The van der Waals surface area contributed by atoms with E-state index in [0.717, 1.165) is 5.56 Å². The summed E-state index contributed by atoms with van der Waals surface area (Å²) in [5.74, 6) is -1.17. The molecular weight excluding hydrogens is 453 g/mol. The predicted octanol–water partition coefficient (Wildman–Crippen LogP) is 2.33. The van der Waals surface area contributed by atoms with E-state index >= 15 is 0 Å². The molecule has 11 heteroatoms. The summed E-state index contributed by atoms with van der Waals surface area (Å²) in [4.78, 5) is 39.3. The highest BCUT2D eigenvalue weighted by Crippen LogP contribution is 2.28. The molecule has 0 saturated carbocycles. The fraction of sp³-hybridized carbons (Fsp3) is 0.348. The van der Waals surface area contributed by atoms with Gasteiger partial charge in [0.25, 0.3) is 5.91 Å². The molecule has 0 heterocycles. The van der Waals surface area contributed by atoms with Gasteiger partial charge in [-0.2, -0.15) is 13.2 Å². The first-order valence-electron chi connectivity index (χ1n) is 10.3. The Morgan fingerprint density at radius 2 is 1.71 bits per heavy atom. The van der Waals surface area contributed by atoms with Gasteiger partial charge in [-0.15, -0.1) is 0 Å². The standard InChI is InChI=1S/C23H27F3N4O4/c1-29(13-16-7-9-17(10-8-16)22(33)28-15-23(24,25)26)14-21(32)30(12-11-20(27)31)18-5-3-4-6-19(18)34-2/h3-10H,11-15H2,1-2H3,(H2,27,31)(H,28,33). The van der Waals surface area contributed by atoms with E-state index < -0.39 is 24.5 Å². The number of carbonyl (C=O) groups excluding carboxylic acids is 3. The summed E-state index contributed by atoms with van der Waals surface area (Å²) in [5.41, 5.74) is 6.63. The molecule has 3 amide bonds. The molecule has 2 aromatic carbocycles. The van der Waals surface area contributed by atoms with Crippen molar-refractivity contribution < 1.29 is 32.3 Å². The summed E-state index contributed by atoms with van der Waals surface area (Å²) < 4.78 is 42.1. The lowest BCUT2D eigenvalue weighted by atomic mass is 10.1. The van der Waals surface area contributed by atoms with Gasteiger partial charge in [0, 0.05) is 25.1 Å². The molecule has 0 bridgehead atoms. The minimum Gasteiger partial charge on any atom is -0.495 e. The van der Waals surface area contributed by atoms with Crippen LogP contribution in [0.3, 0.4) is 0 Å². The van der Waals surface area contributed by atoms with Crippen molar-refractivity contribution in [3.05, 3.63) is 59.7 Å². The van der Waals surface area contributed by atoms with Gasteiger partial charge in [-0.3, -0.25) is 19.3 Å². The predicted molar refractivity (Wildman–Crippen MR) is 120 cm³/mol. The zero-order valence-electron chi connectivity index (χ0n) is 18.9. The quantitative estimate of drug-likeness (QED) is 0.514. The number of likely N-dealkylation sites (N-methyl/N-ethyl adjacent to an activating group) is 1. The van der Waals surface area contributed by atoms with Gasteiger partial charge < -0.3 is 20.7 Å². The molecule has 0 spiro atoms. The van der Waals surface area contributed by atoms with E-state index in [4.69, 9.17) is 10.5 Å². The molecular formula is C23H27F3N4O4. The Hall–Kier alpha value is -3.60. The maximum Gasteiger partial charge on any atom is 0.405 e. The number of hydrogen-bond acceptors (Lipinski definition) is 5. The number of primary amides is 1. The third-order valence-electron chi connectivity index (χ3n) is 4.78. The molecule has 2 rings (SSSR count). The Morgan fingerprint density at radius 1 is 1.06 bits per heavy atom. The molecule has 0 atom stereocenters. The number of hydrogen-bond donors (Lipinski definition) is 2. The van der Waals surface area contributed by atoms with Crippen molar-refractivity contribution in [2.75, 3.05) is 38.7 Å². The number of halogens is 3. The van der Waals surface area contributed by atoms with Crippen molar-refractivity contribution in [3.8, 4) is 5.75 Å². The largest absolute Gasteiger partial charge is 0.495 e. The molecule has 0 radical (unpaired) electrons. The number of nitrogens with one attached hydrogen (secondary N) is 1. The summed E-state index contributed by atoms with van der Waals surface area (Å²) >= 11 is 0. The second-order valence-corrected chi connectivity index (χ2v) is 7.60. The van der Waals surface area contributed by atoms with Gasteiger partial charge in [-0.25, -0.2) is 0 Å². The Labute approximate surface area is 195 Å². The van der Waals surface area contributed by atoms with Gasteiger partial charge >= 0.3 is 6.18 Å². The van der Waals surface area contributed by atoms with Crippen LogP contribution in [0, 0.1) is 0 Å². The van der Waals surface area contributed by atoms with Crippen LogP contribution in [0.2, 0.25) is 0 Å². The average Bonchev–Trinajstić information content (AvgIpc) is 2.77. The van der Waals surface area contributed by atoms with Gasteiger partial charge in [0.1, 0.15) is 12.3 Å². The third kappa shape index (κ3) is 8.39. The van der Waals surface area contributed by atoms with Gasteiger partial charge in [0.05, 0.1) is 19.3 Å².